The summed E-state index contributed by atoms with van der Waals surface area (Å²) in [5.41, 5.74) is 6.34. The smallest absolute Gasteiger partial charge is 0.243 e. The molecular weight excluding hydrogens is 255 g/mol. The van der Waals surface area contributed by atoms with E-state index in [1.807, 2.05) is 13.0 Å². The highest BCUT2D eigenvalue weighted by Gasteiger charge is 2.42. The van der Waals surface area contributed by atoms with E-state index in [4.69, 9.17) is 5.73 Å². The minimum atomic E-state index is -0.767. The van der Waals surface area contributed by atoms with Gasteiger partial charge in [-0.2, -0.15) is 0 Å². The lowest BCUT2D eigenvalue weighted by molar-refractivity contribution is -0.124. The van der Waals surface area contributed by atoms with E-state index in [1.165, 1.54) is 12.1 Å². The molecule has 0 aromatic heterocycles. The summed E-state index contributed by atoms with van der Waals surface area (Å²) in [5, 5.41) is 3.22. The van der Waals surface area contributed by atoms with Crippen LogP contribution >= 0.6 is 0 Å². The second kappa shape index (κ2) is 5.43. The lowest BCUT2D eigenvalue weighted by atomic mass is 9.71. The van der Waals surface area contributed by atoms with Crippen LogP contribution in [-0.4, -0.2) is 11.4 Å². The molecule has 1 aromatic carbocycles. The normalized spacial score (nSPS) is 30.0. The second-order valence-corrected chi connectivity index (χ2v) is 6.44. The van der Waals surface area contributed by atoms with Crippen LogP contribution in [0.4, 0.5) is 10.1 Å². The molecule has 3 nitrogen and oxygen atoms in total. The number of hydrogen-bond donors (Lipinski definition) is 2. The fourth-order valence-corrected chi connectivity index (χ4v) is 3.58. The van der Waals surface area contributed by atoms with Crippen molar-refractivity contribution in [3.05, 3.63) is 29.6 Å². The summed E-state index contributed by atoms with van der Waals surface area (Å²) in [6.45, 7) is 6.09. The minimum absolute atomic E-state index is 0.302. The molecule has 4 heteroatoms. The van der Waals surface area contributed by atoms with Crippen LogP contribution in [0.3, 0.4) is 0 Å². The van der Waals surface area contributed by atoms with Gasteiger partial charge in [-0.3, -0.25) is 4.79 Å². The molecule has 0 bridgehead atoms. The first kappa shape index (κ1) is 14.8. The fourth-order valence-electron chi connectivity index (χ4n) is 3.58. The van der Waals surface area contributed by atoms with Crippen molar-refractivity contribution in [2.24, 2.45) is 17.6 Å². The van der Waals surface area contributed by atoms with E-state index < -0.39 is 5.54 Å². The minimum Gasteiger partial charge on any atom is -0.371 e. The number of hydrogen-bond acceptors (Lipinski definition) is 2. The summed E-state index contributed by atoms with van der Waals surface area (Å²) in [6.07, 6.45) is 2.49. The van der Waals surface area contributed by atoms with E-state index in [-0.39, 0.29) is 11.7 Å². The Bertz CT molecular complexity index is 485. The van der Waals surface area contributed by atoms with Crippen LogP contribution in [-0.2, 0) is 4.79 Å². The summed E-state index contributed by atoms with van der Waals surface area (Å²) in [4.78, 5) is 12.0. The van der Waals surface area contributed by atoms with Gasteiger partial charge in [-0.25, -0.2) is 4.39 Å². The van der Waals surface area contributed by atoms with Crippen molar-refractivity contribution in [2.45, 2.75) is 45.6 Å². The molecule has 0 heterocycles. The molecule has 1 aliphatic rings. The number of carbonyl (C=O) groups excluding carboxylic acids is 1. The number of nitrogens with two attached hydrogens (primary N) is 1. The Balaban J connectivity index is 2.31. The quantitative estimate of drug-likeness (QED) is 0.892. The Morgan fingerprint density at radius 2 is 1.90 bits per heavy atom. The van der Waals surface area contributed by atoms with Gasteiger partial charge in [0.05, 0.1) is 0 Å². The SMILES string of the molecule is Cc1cc(F)cc(NC2(C(N)=O)CC(C)CC(C)C2)c1. The summed E-state index contributed by atoms with van der Waals surface area (Å²) in [6, 6.07) is 4.73. The Labute approximate surface area is 119 Å². The van der Waals surface area contributed by atoms with Gasteiger partial charge in [-0.1, -0.05) is 13.8 Å². The molecule has 0 radical (unpaired) electrons. The van der Waals surface area contributed by atoms with Gasteiger partial charge >= 0.3 is 0 Å². The van der Waals surface area contributed by atoms with Crippen molar-refractivity contribution in [3.63, 3.8) is 0 Å². The molecule has 0 saturated heterocycles. The van der Waals surface area contributed by atoms with E-state index in [0.717, 1.165) is 12.0 Å². The van der Waals surface area contributed by atoms with Crippen LogP contribution in [0.5, 0.6) is 0 Å². The van der Waals surface area contributed by atoms with Gasteiger partial charge in [0.1, 0.15) is 11.4 Å². The zero-order chi connectivity index (χ0) is 14.9. The number of primary amides is 1. The van der Waals surface area contributed by atoms with Gasteiger partial charge < -0.3 is 11.1 Å². The van der Waals surface area contributed by atoms with E-state index in [2.05, 4.69) is 19.2 Å². The number of amides is 1. The van der Waals surface area contributed by atoms with E-state index in [9.17, 15) is 9.18 Å². The van der Waals surface area contributed by atoms with Crippen molar-refractivity contribution in [1.82, 2.24) is 0 Å². The lowest BCUT2D eigenvalue weighted by Crippen LogP contribution is -2.54. The molecule has 2 atom stereocenters. The molecule has 3 N–H and O–H groups in total. The average Bonchev–Trinajstić information content (AvgIpc) is 2.25. The average molecular weight is 278 g/mol. The van der Waals surface area contributed by atoms with Crippen molar-refractivity contribution >= 4 is 11.6 Å². The molecule has 1 fully saturated rings. The Morgan fingerprint density at radius 1 is 1.30 bits per heavy atom. The lowest BCUT2D eigenvalue weighted by Gasteiger charge is -2.41. The van der Waals surface area contributed by atoms with E-state index in [0.29, 0.717) is 30.4 Å². The molecule has 2 unspecified atom stereocenters. The maximum Gasteiger partial charge on any atom is 0.243 e. The first-order valence-electron chi connectivity index (χ1n) is 7.16. The van der Waals surface area contributed by atoms with Crippen LogP contribution in [0, 0.1) is 24.6 Å². The van der Waals surface area contributed by atoms with Crippen molar-refractivity contribution in [1.29, 1.82) is 0 Å². The van der Waals surface area contributed by atoms with Crippen LogP contribution in [0.1, 0.15) is 38.7 Å². The first-order chi connectivity index (χ1) is 9.30. The third kappa shape index (κ3) is 3.11. The molecular formula is C16H23FN2O. The highest BCUT2D eigenvalue weighted by Crippen LogP contribution is 2.38. The summed E-state index contributed by atoms with van der Waals surface area (Å²) in [5.74, 6) is 0.198. The van der Waals surface area contributed by atoms with Crippen molar-refractivity contribution < 1.29 is 9.18 Å². The van der Waals surface area contributed by atoms with Gasteiger partial charge in [0.2, 0.25) is 5.91 Å². The predicted molar refractivity (Wildman–Crippen MR) is 78.9 cm³/mol. The number of benzene rings is 1. The van der Waals surface area contributed by atoms with Crippen LogP contribution < -0.4 is 11.1 Å². The molecule has 110 valence electrons. The standard InChI is InChI=1S/C16H23FN2O/c1-10-5-13(17)7-14(6-10)19-16(15(18)20)8-11(2)4-12(3)9-16/h5-7,11-12,19H,4,8-9H2,1-3H3,(H2,18,20). The van der Waals surface area contributed by atoms with E-state index >= 15 is 0 Å². The number of carbonyl (C=O) groups is 1. The van der Waals surface area contributed by atoms with Crippen LogP contribution in [0.15, 0.2) is 18.2 Å². The second-order valence-electron chi connectivity index (χ2n) is 6.44. The third-order valence-electron chi connectivity index (χ3n) is 4.10. The first-order valence-corrected chi connectivity index (χ1v) is 7.16. The largest absolute Gasteiger partial charge is 0.371 e. The van der Waals surface area contributed by atoms with Crippen molar-refractivity contribution in [2.75, 3.05) is 5.32 Å². The molecule has 0 spiro atoms. The zero-order valence-corrected chi connectivity index (χ0v) is 12.4. The monoisotopic (exact) mass is 278 g/mol. The number of halogens is 1. The molecule has 0 aliphatic heterocycles. The maximum absolute atomic E-state index is 13.5. The summed E-state index contributed by atoms with van der Waals surface area (Å²) < 4.78 is 13.5. The van der Waals surface area contributed by atoms with Gasteiger partial charge in [0.25, 0.3) is 0 Å². The number of anilines is 1. The van der Waals surface area contributed by atoms with Gasteiger partial charge in [-0.15, -0.1) is 0 Å². The Kier molecular flexibility index (Phi) is 4.02. The topological polar surface area (TPSA) is 55.1 Å². The predicted octanol–water partition coefficient (Wildman–Crippen LogP) is 3.23. The van der Waals surface area contributed by atoms with Gasteiger partial charge in [-0.05, 0) is 61.8 Å². The molecule has 1 amide bonds. The number of nitrogens with one attached hydrogen (secondary N) is 1. The van der Waals surface area contributed by atoms with Crippen LogP contribution in [0.2, 0.25) is 0 Å². The zero-order valence-electron chi connectivity index (χ0n) is 12.4. The molecule has 1 aliphatic carbocycles. The Morgan fingerprint density at radius 3 is 2.40 bits per heavy atom. The van der Waals surface area contributed by atoms with Crippen molar-refractivity contribution in [3.8, 4) is 0 Å². The van der Waals surface area contributed by atoms with Gasteiger partial charge in [0, 0.05) is 5.69 Å². The van der Waals surface area contributed by atoms with Gasteiger partial charge in [0.15, 0.2) is 0 Å². The Hall–Kier alpha value is -1.58. The fraction of sp³-hybridized carbons (Fsp3) is 0.562. The maximum atomic E-state index is 13.5. The molecule has 1 aromatic rings. The third-order valence-corrected chi connectivity index (χ3v) is 4.10. The highest BCUT2D eigenvalue weighted by molar-refractivity contribution is 5.88. The summed E-state index contributed by atoms with van der Waals surface area (Å²) in [7, 11) is 0. The molecule has 2 rings (SSSR count). The molecule has 1 saturated carbocycles. The number of aryl methyl sites for hydroxylation is 1. The molecule has 20 heavy (non-hydrogen) atoms. The van der Waals surface area contributed by atoms with E-state index in [1.54, 1.807) is 0 Å². The number of rotatable bonds is 3. The summed E-state index contributed by atoms with van der Waals surface area (Å²) >= 11 is 0. The highest BCUT2D eigenvalue weighted by atomic mass is 19.1. The van der Waals surface area contributed by atoms with Crippen LogP contribution in [0.25, 0.3) is 0 Å².